The summed E-state index contributed by atoms with van der Waals surface area (Å²) in [7, 11) is 1.32. The average Bonchev–Trinajstić information content (AvgIpc) is 2.75. The minimum Gasteiger partial charge on any atom is -0.508 e. The molecule has 4 rings (SSSR count). The number of hydrogen-bond acceptors (Lipinski definition) is 11. The molecule has 170 valence electrons. The Morgan fingerprint density at radius 1 is 1.00 bits per heavy atom. The van der Waals surface area contributed by atoms with E-state index < -0.39 is 41.5 Å². The molecule has 11 heteroatoms. The summed E-state index contributed by atoms with van der Waals surface area (Å²) in [6.45, 7) is -0.372. The van der Waals surface area contributed by atoms with Crippen molar-refractivity contribution in [1.29, 1.82) is 0 Å². The standard InChI is InChI=1S/C21H20O11/c1-29-13-4-8(2-3-10(13)23)19-20(32-21-18(28)16(26)12(25)7-30-21)17(27)15-11(24)5-9(22)6-14(15)31-19/h2-6,12,16,18,21-26,28H,7H2,1H3. The maximum absolute atomic E-state index is 13.2. The minimum absolute atomic E-state index is 0.0578. The molecule has 1 aliphatic rings. The van der Waals surface area contributed by atoms with Crippen LogP contribution < -0.4 is 14.9 Å². The van der Waals surface area contributed by atoms with Crippen LogP contribution in [0.4, 0.5) is 0 Å². The van der Waals surface area contributed by atoms with Gasteiger partial charge in [0.2, 0.25) is 17.5 Å². The summed E-state index contributed by atoms with van der Waals surface area (Å²) in [5.41, 5.74) is -0.813. The first-order chi connectivity index (χ1) is 15.2. The van der Waals surface area contributed by atoms with Crippen LogP contribution in [0.3, 0.4) is 0 Å². The average molecular weight is 448 g/mol. The number of methoxy groups -OCH3 is 1. The number of phenolic OH excluding ortho intramolecular Hbond substituents is 3. The van der Waals surface area contributed by atoms with Gasteiger partial charge in [0.15, 0.2) is 17.3 Å². The van der Waals surface area contributed by atoms with E-state index in [1.807, 2.05) is 0 Å². The molecule has 0 saturated carbocycles. The zero-order valence-corrected chi connectivity index (χ0v) is 16.6. The highest BCUT2D eigenvalue weighted by Gasteiger charge is 2.40. The summed E-state index contributed by atoms with van der Waals surface area (Å²) < 4.78 is 21.6. The summed E-state index contributed by atoms with van der Waals surface area (Å²) in [5.74, 6) is -1.73. The molecule has 1 saturated heterocycles. The van der Waals surface area contributed by atoms with Crippen LogP contribution >= 0.6 is 0 Å². The maximum Gasteiger partial charge on any atom is 0.239 e. The van der Waals surface area contributed by atoms with Crippen molar-refractivity contribution in [3.63, 3.8) is 0 Å². The van der Waals surface area contributed by atoms with Gasteiger partial charge in [0, 0.05) is 17.7 Å². The van der Waals surface area contributed by atoms with E-state index in [1.165, 1.54) is 25.3 Å². The van der Waals surface area contributed by atoms with Gasteiger partial charge >= 0.3 is 0 Å². The molecule has 4 atom stereocenters. The van der Waals surface area contributed by atoms with Crippen LogP contribution in [-0.4, -0.2) is 69.0 Å². The molecule has 1 aromatic heterocycles. The quantitative estimate of drug-likeness (QED) is 0.325. The van der Waals surface area contributed by atoms with Gasteiger partial charge in [-0.15, -0.1) is 0 Å². The SMILES string of the molecule is COc1cc(-c2oc3cc(O)cc(O)c3c(=O)c2OC2OCC(O)C(O)C2O)ccc1O. The molecular weight excluding hydrogens is 428 g/mol. The number of aliphatic hydroxyl groups is 3. The molecule has 0 spiro atoms. The molecule has 0 bridgehead atoms. The fourth-order valence-electron chi connectivity index (χ4n) is 3.38. The fraction of sp³-hybridized carbons (Fsp3) is 0.286. The molecule has 2 heterocycles. The number of ether oxygens (including phenoxy) is 3. The second-order valence-corrected chi connectivity index (χ2v) is 7.18. The Hall–Kier alpha value is -3.51. The first-order valence-corrected chi connectivity index (χ1v) is 9.44. The lowest BCUT2D eigenvalue weighted by atomic mass is 10.1. The molecule has 2 aromatic carbocycles. The zero-order valence-electron chi connectivity index (χ0n) is 16.6. The van der Waals surface area contributed by atoms with Crippen molar-refractivity contribution in [1.82, 2.24) is 0 Å². The van der Waals surface area contributed by atoms with E-state index in [9.17, 15) is 35.4 Å². The smallest absolute Gasteiger partial charge is 0.239 e. The van der Waals surface area contributed by atoms with Crippen LogP contribution in [0.1, 0.15) is 0 Å². The lowest BCUT2D eigenvalue weighted by Gasteiger charge is -2.34. The van der Waals surface area contributed by atoms with Gasteiger partial charge in [-0.2, -0.15) is 0 Å². The molecular formula is C21H20O11. The lowest BCUT2D eigenvalue weighted by Crippen LogP contribution is -2.55. The van der Waals surface area contributed by atoms with E-state index in [4.69, 9.17) is 18.6 Å². The van der Waals surface area contributed by atoms with Crippen LogP contribution in [0.2, 0.25) is 0 Å². The van der Waals surface area contributed by atoms with Crippen molar-refractivity contribution in [3.05, 3.63) is 40.6 Å². The third-order valence-corrected chi connectivity index (χ3v) is 5.05. The molecule has 6 N–H and O–H groups in total. The predicted octanol–water partition coefficient (Wildman–Crippen LogP) is 0.403. The van der Waals surface area contributed by atoms with Crippen molar-refractivity contribution < 1.29 is 49.3 Å². The maximum atomic E-state index is 13.2. The molecule has 32 heavy (non-hydrogen) atoms. The Morgan fingerprint density at radius 2 is 1.75 bits per heavy atom. The first kappa shape index (κ1) is 21.7. The van der Waals surface area contributed by atoms with Gasteiger partial charge in [-0.3, -0.25) is 4.79 Å². The zero-order chi connectivity index (χ0) is 23.2. The molecule has 4 unspecified atom stereocenters. The number of aromatic hydroxyl groups is 3. The van der Waals surface area contributed by atoms with E-state index >= 15 is 0 Å². The molecule has 1 aliphatic heterocycles. The van der Waals surface area contributed by atoms with Crippen LogP contribution in [0.25, 0.3) is 22.3 Å². The molecule has 0 amide bonds. The topological polar surface area (TPSA) is 179 Å². The first-order valence-electron chi connectivity index (χ1n) is 9.44. The number of rotatable bonds is 4. The van der Waals surface area contributed by atoms with Gasteiger partial charge in [0.1, 0.15) is 40.8 Å². The van der Waals surface area contributed by atoms with Gasteiger partial charge in [0.25, 0.3) is 0 Å². The largest absolute Gasteiger partial charge is 0.508 e. The van der Waals surface area contributed by atoms with Crippen LogP contribution in [0, 0.1) is 0 Å². The molecule has 0 aliphatic carbocycles. The van der Waals surface area contributed by atoms with Crippen molar-refractivity contribution in [2.45, 2.75) is 24.6 Å². The Balaban J connectivity index is 1.92. The van der Waals surface area contributed by atoms with E-state index in [0.717, 1.165) is 12.1 Å². The van der Waals surface area contributed by atoms with Crippen molar-refractivity contribution in [2.24, 2.45) is 0 Å². The minimum atomic E-state index is -1.70. The summed E-state index contributed by atoms with van der Waals surface area (Å²) >= 11 is 0. The van der Waals surface area contributed by atoms with E-state index in [2.05, 4.69) is 0 Å². The van der Waals surface area contributed by atoms with Gasteiger partial charge in [-0.25, -0.2) is 0 Å². The number of phenols is 3. The van der Waals surface area contributed by atoms with E-state index in [0.29, 0.717) is 0 Å². The van der Waals surface area contributed by atoms with Crippen molar-refractivity contribution in [3.8, 4) is 40.1 Å². The van der Waals surface area contributed by atoms with E-state index in [1.54, 1.807) is 0 Å². The Kier molecular flexibility index (Phi) is 5.57. The van der Waals surface area contributed by atoms with Gasteiger partial charge in [-0.1, -0.05) is 0 Å². The van der Waals surface area contributed by atoms with E-state index in [-0.39, 0.29) is 46.1 Å². The second kappa shape index (κ2) is 8.20. The highest BCUT2D eigenvalue weighted by molar-refractivity contribution is 5.88. The predicted molar refractivity (Wildman–Crippen MR) is 108 cm³/mol. The fourth-order valence-corrected chi connectivity index (χ4v) is 3.38. The van der Waals surface area contributed by atoms with Gasteiger partial charge in [0.05, 0.1) is 13.7 Å². The number of aliphatic hydroxyl groups excluding tert-OH is 3. The third-order valence-electron chi connectivity index (χ3n) is 5.05. The van der Waals surface area contributed by atoms with Crippen molar-refractivity contribution in [2.75, 3.05) is 13.7 Å². The highest BCUT2D eigenvalue weighted by atomic mass is 16.7. The highest BCUT2D eigenvalue weighted by Crippen LogP contribution is 2.39. The summed E-state index contributed by atoms with van der Waals surface area (Å²) in [5, 5.41) is 59.3. The Morgan fingerprint density at radius 3 is 2.47 bits per heavy atom. The lowest BCUT2D eigenvalue weighted by molar-refractivity contribution is -0.242. The third kappa shape index (κ3) is 3.67. The molecule has 1 fully saturated rings. The number of hydrogen-bond donors (Lipinski definition) is 6. The summed E-state index contributed by atoms with van der Waals surface area (Å²) in [4.78, 5) is 13.2. The second-order valence-electron chi connectivity index (χ2n) is 7.18. The monoisotopic (exact) mass is 448 g/mol. The number of fused-ring (bicyclic) bond motifs is 1. The Labute approximate surface area is 179 Å². The van der Waals surface area contributed by atoms with Crippen LogP contribution in [0.5, 0.6) is 28.7 Å². The summed E-state index contributed by atoms with van der Waals surface area (Å²) in [6.07, 6.45) is -6.20. The molecule has 0 radical (unpaired) electrons. The summed E-state index contributed by atoms with van der Waals surface area (Å²) in [6, 6.07) is 6.10. The molecule has 3 aromatic rings. The van der Waals surface area contributed by atoms with Gasteiger partial charge < -0.3 is 49.3 Å². The normalized spacial score (nSPS) is 23.2. The van der Waals surface area contributed by atoms with Crippen molar-refractivity contribution >= 4 is 11.0 Å². The molecule has 11 nitrogen and oxygen atoms in total. The van der Waals surface area contributed by atoms with Crippen LogP contribution in [-0.2, 0) is 4.74 Å². The van der Waals surface area contributed by atoms with Gasteiger partial charge in [-0.05, 0) is 18.2 Å². The number of benzene rings is 2. The Bertz CT molecular complexity index is 1220. The van der Waals surface area contributed by atoms with Crippen LogP contribution in [0.15, 0.2) is 39.5 Å².